The standard InChI is InChI=1S/C32H36F3N5O5S/c1-19-8-9-22(26(30(4,5)21(3)41)24-10-13-40(27(36)20(24)2)29(37)32(33,34)35)15-23(19)16-39-17-31(11-14-44-18-31)45-28-25(46(39,42)43)7-6-12-38-28/h6-10,12-13,15,26,36-37H,11,14,16-18H2,1-5H3/t26-,31-/m0/s1. The van der Waals surface area contributed by atoms with Crippen LogP contribution < -0.4 is 10.2 Å². The Kier molecular flexibility index (Phi) is 8.54. The van der Waals surface area contributed by atoms with Crippen molar-refractivity contribution in [3.63, 3.8) is 0 Å². The van der Waals surface area contributed by atoms with Crippen LogP contribution in [0.3, 0.4) is 0 Å². The Morgan fingerprint density at radius 1 is 1.17 bits per heavy atom. The van der Waals surface area contributed by atoms with Gasteiger partial charge in [-0.05, 0) is 66.8 Å². The molecule has 0 bridgehead atoms. The van der Waals surface area contributed by atoms with E-state index < -0.39 is 44.5 Å². The molecule has 0 amide bonds. The van der Waals surface area contributed by atoms with Gasteiger partial charge < -0.3 is 9.47 Å². The number of halogens is 3. The number of sulfonamides is 1. The number of Topliss-reactive ketones (excluding diaryl/α,β-unsaturated/α-hetero) is 1. The molecule has 1 spiro atoms. The molecule has 2 atom stereocenters. The number of aryl methyl sites for hydroxylation is 1. The summed E-state index contributed by atoms with van der Waals surface area (Å²) in [6, 6.07) is 9.84. The first-order valence-corrected chi connectivity index (χ1v) is 16.1. The van der Waals surface area contributed by atoms with E-state index in [2.05, 4.69) is 4.98 Å². The number of alkyl halides is 3. The van der Waals surface area contributed by atoms with Crippen LogP contribution in [-0.2, 0) is 26.1 Å². The zero-order valence-corrected chi connectivity index (χ0v) is 27.0. The average molecular weight is 660 g/mol. The number of nitrogens with zero attached hydrogens (tertiary/aromatic N) is 3. The topological polar surface area (TPSA) is 138 Å². The maximum absolute atomic E-state index is 14.0. The number of pyridine rings is 2. The summed E-state index contributed by atoms with van der Waals surface area (Å²) in [4.78, 5) is 17.2. The third-order valence-electron chi connectivity index (χ3n) is 9.13. The fourth-order valence-corrected chi connectivity index (χ4v) is 7.65. The summed E-state index contributed by atoms with van der Waals surface area (Å²) in [5.74, 6) is -2.58. The van der Waals surface area contributed by atoms with Crippen LogP contribution in [0.15, 0.2) is 53.7 Å². The predicted octanol–water partition coefficient (Wildman–Crippen LogP) is 4.86. The van der Waals surface area contributed by atoms with Gasteiger partial charge in [0.25, 0.3) is 0 Å². The Labute approximate surface area is 265 Å². The molecule has 4 heterocycles. The van der Waals surface area contributed by atoms with Gasteiger partial charge in [0.1, 0.15) is 21.8 Å². The highest BCUT2D eigenvalue weighted by molar-refractivity contribution is 7.89. The summed E-state index contributed by atoms with van der Waals surface area (Å²) in [6.45, 7) is 8.81. The molecule has 14 heteroatoms. The number of fused-ring (bicyclic) bond motifs is 1. The lowest BCUT2D eigenvalue weighted by Crippen LogP contribution is -2.47. The number of aromatic nitrogens is 2. The average Bonchev–Trinajstić information content (AvgIpc) is 3.40. The molecule has 46 heavy (non-hydrogen) atoms. The summed E-state index contributed by atoms with van der Waals surface area (Å²) >= 11 is 0. The van der Waals surface area contributed by atoms with E-state index in [1.165, 1.54) is 42.5 Å². The molecule has 0 radical (unpaired) electrons. The number of benzene rings is 1. The Hall–Kier alpha value is -3.88. The smallest absolute Gasteiger partial charge is 0.449 e. The largest absolute Gasteiger partial charge is 0.466 e. The summed E-state index contributed by atoms with van der Waals surface area (Å²) < 4.78 is 81.7. The van der Waals surface area contributed by atoms with Crippen molar-refractivity contribution in [1.82, 2.24) is 13.9 Å². The number of hydrogen-bond acceptors (Lipinski definition) is 8. The molecule has 2 aromatic heterocycles. The second kappa shape index (κ2) is 11.7. The van der Waals surface area contributed by atoms with Gasteiger partial charge in [-0.25, -0.2) is 13.4 Å². The van der Waals surface area contributed by atoms with Gasteiger partial charge in [-0.2, -0.15) is 17.5 Å². The monoisotopic (exact) mass is 659 g/mol. The van der Waals surface area contributed by atoms with Crippen molar-refractivity contribution in [2.24, 2.45) is 5.41 Å². The van der Waals surface area contributed by atoms with Crippen molar-refractivity contribution in [1.29, 1.82) is 10.8 Å². The minimum atomic E-state index is -4.96. The van der Waals surface area contributed by atoms with E-state index in [1.54, 1.807) is 13.8 Å². The normalized spacial score (nSPS) is 20.5. The zero-order valence-electron chi connectivity index (χ0n) is 26.2. The lowest BCUT2D eigenvalue weighted by molar-refractivity contribution is -0.125. The van der Waals surface area contributed by atoms with Crippen molar-refractivity contribution in [2.75, 3.05) is 19.8 Å². The molecule has 3 aromatic rings. The van der Waals surface area contributed by atoms with Crippen LogP contribution in [0.1, 0.15) is 60.9 Å². The van der Waals surface area contributed by atoms with Crippen molar-refractivity contribution in [3.8, 4) is 5.88 Å². The molecule has 2 N–H and O–H groups in total. The van der Waals surface area contributed by atoms with Crippen LogP contribution in [0.25, 0.3) is 0 Å². The van der Waals surface area contributed by atoms with Crippen molar-refractivity contribution in [2.45, 2.75) is 70.2 Å². The van der Waals surface area contributed by atoms with Gasteiger partial charge in [0.15, 0.2) is 0 Å². The van der Waals surface area contributed by atoms with Gasteiger partial charge >= 0.3 is 6.18 Å². The lowest BCUT2D eigenvalue weighted by atomic mass is 9.68. The van der Waals surface area contributed by atoms with E-state index >= 15 is 0 Å². The lowest BCUT2D eigenvalue weighted by Gasteiger charge is -2.35. The van der Waals surface area contributed by atoms with E-state index in [0.29, 0.717) is 34.3 Å². The SMILES string of the molecule is CC(=O)C(C)(C)[C@@H](c1ccc(C)c(CN2C[C@]3(CCOC3)Oc3ncccc3S2(=O)=O)c1)c1ccn(C(=N)C(F)(F)F)c(=N)c1C. The van der Waals surface area contributed by atoms with Crippen LogP contribution in [0.2, 0.25) is 0 Å². The number of rotatable bonds is 6. The van der Waals surface area contributed by atoms with Crippen molar-refractivity contribution < 1.29 is 35.9 Å². The minimum Gasteiger partial charge on any atom is -0.466 e. The van der Waals surface area contributed by atoms with Crippen molar-refractivity contribution >= 4 is 21.6 Å². The summed E-state index contributed by atoms with van der Waals surface area (Å²) in [5, 5.41) is 16.1. The summed E-state index contributed by atoms with van der Waals surface area (Å²) in [5.41, 5.74) is 0.157. The molecule has 0 unspecified atom stereocenters. The maximum atomic E-state index is 14.0. The first kappa shape index (κ1) is 33.5. The van der Waals surface area contributed by atoms with Crippen LogP contribution >= 0.6 is 0 Å². The number of hydrogen-bond donors (Lipinski definition) is 2. The first-order chi connectivity index (χ1) is 21.4. The van der Waals surface area contributed by atoms with Crippen molar-refractivity contribution in [3.05, 3.63) is 82.1 Å². The fourth-order valence-electron chi connectivity index (χ4n) is 6.09. The molecule has 0 saturated carbocycles. The third kappa shape index (κ3) is 5.89. The molecule has 2 aliphatic rings. The Balaban J connectivity index is 1.62. The number of carbonyl (C=O) groups excluding carboxylic acids is 1. The van der Waals surface area contributed by atoms with Gasteiger partial charge in [-0.15, -0.1) is 0 Å². The third-order valence-corrected chi connectivity index (χ3v) is 10.9. The molecular weight excluding hydrogens is 623 g/mol. The molecular formula is C32H36F3N5O5S. The molecule has 10 nitrogen and oxygen atoms in total. The molecule has 2 aliphatic heterocycles. The number of nitrogens with one attached hydrogen (secondary N) is 2. The van der Waals surface area contributed by atoms with Gasteiger partial charge in [-0.1, -0.05) is 32.0 Å². The predicted molar refractivity (Wildman–Crippen MR) is 162 cm³/mol. The highest BCUT2D eigenvalue weighted by atomic mass is 32.2. The Bertz CT molecular complexity index is 1880. The van der Waals surface area contributed by atoms with Gasteiger partial charge in [-0.3, -0.25) is 20.2 Å². The second-order valence-electron chi connectivity index (χ2n) is 12.5. The highest BCUT2D eigenvalue weighted by Gasteiger charge is 2.47. The molecule has 1 aromatic carbocycles. The second-order valence-corrected chi connectivity index (χ2v) is 14.4. The number of ether oxygens (including phenoxy) is 2. The van der Waals surface area contributed by atoms with Crippen LogP contribution in [0.5, 0.6) is 5.88 Å². The minimum absolute atomic E-state index is 0.0168. The van der Waals surface area contributed by atoms with Crippen LogP contribution in [-0.4, -0.2) is 65.4 Å². The highest BCUT2D eigenvalue weighted by Crippen LogP contribution is 2.43. The zero-order chi connectivity index (χ0) is 33.8. The Morgan fingerprint density at radius 2 is 1.89 bits per heavy atom. The molecule has 1 fully saturated rings. The maximum Gasteiger partial charge on any atom is 0.449 e. The molecule has 1 saturated heterocycles. The van der Waals surface area contributed by atoms with Crippen LogP contribution in [0, 0.1) is 30.1 Å². The van der Waals surface area contributed by atoms with E-state index in [9.17, 15) is 26.4 Å². The first-order valence-electron chi connectivity index (χ1n) is 14.6. The summed E-state index contributed by atoms with van der Waals surface area (Å²) in [6.07, 6.45) is -2.00. The molecule has 246 valence electrons. The van der Waals surface area contributed by atoms with E-state index in [0.717, 1.165) is 11.8 Å². The van der Waals surface area contributed by atoms with E-state index in [1.807, 2.05) is 25.1 Å². The quantitative estimate of drug-likeness (QED) is 0.287. The number of carbonyl (C=O) groups is 1. The van der Waals surface area contributed by atoms with Crippen LogP contribution in [0.4, 0.5) is 13.2 Å². The number of ketones is 1. The van der Waals surface area contributed by atoms with E-state index in [4.69, 9.17) is 20.3 Å². The summed E-state index contributed by atoms with van der Waals surface area (Å²) in [7, 11) is -4.07. The fraction of sp³-hybridized carbons (Fsp3) is 0.438. The Morgan fingerprint density at radius 3 is 2.52 bits per heavy atom. The molecule has 0 aliphatic carbocycles. The van der Waals surface area contributed by atoms with E-state index in [-0.39, 0.29) is 41.8 Å². The van der Waals surface area contributed by atoms with Gasteiger partial charge in [0.2, 0.25) is 21.7 Å². The van der Waals surface area contributed by atoms with Gasteiger partial charge in [0.05, 0.1) is 19.8 Å². The van der Waals surface area contributed by atoms with Gasteiger partial charge in [0, 0.05) is 36.7 Å². The molecule has 5 rings (SSSR count).